The zero-order chi connectivity index (χ0) is 11.7. The van der Waals surface area contributed by atoms with Gasteiger partial charge in [0.05, 0.1) is 21.2 Å². The lowest BCUT2D eigenvalue weighted by atomic mass is 10.1. The van der Waals surface area contributed by atoms with Gasteiger partial charge in [0.1, 0.15) is 4.88 Å². The van der Waals surface area contributed by atoms with Crippen molar-refractivity contribution in [2.75, 3.05) is 0 Å². The van der Waals surface area contributed by atoms with E-state index < -0.39 is 5.91 Å². The zero-order valence-electron chi connectivity index (χ0n) is 7.91. The fourth-order valence-electron chi connectivity index (χ4n) is 1.32. The summed E-state index contributed by atoms with van der Waals surface area (Å²) in [5, 5.41) is 0.891. The third-order valence-corrected chi connectivity index (χ3v) is 3.46. The minimum atomic E-state index is -0.534. The van der Waals surface area contributed by atoms with Gasteiger partial charge in [-0.05, 0) is 12.1 Å². The molecule has 0 saturated carbocycles. The molecule has 0 aliphatic heterocycles. The van der Waals surface area contributed by atoms with Crippen molar-refractivity contribution >= 4 is 40.4 Å². The first-order chi connectivity index (χ1) is 7.61. The van der Waals surface area contributed by atoms with Crippen LogP contribution in [0.1, 0.15) is 9.67 Å². The molecule has 0 atom stereocenters. The molecule has 82 valence electrons. The number of aromatic nitrogens is 1. The first-order valence-electron chi connectivity index (χ1n) is 4.29. The van der Waals surface area contributed by atoms with Crippen LogP contribution in [0.25, 0.3) is 11.3 Å². The summed E-state index contributed by atoms with van der Waals surface area (Å²) >= 11 is 13.2. The summed E-state index contributed by atoms with van der Waals surface area (Å²) < 4.78 is 0. The maximum atomic E-state index is 11.2. The second kappa shape index (κ2) is 4.41. The molecule has 6 heteroatoms. The number of carbonyl (C=O) groups is 1. The highest BCUT2D eigenvalue weighted by atomic mass is 35.5. The Bertz CT molecular complexity index is 533. The first-order valence-corrected chi connectivity index (χ1v) is 5.92. The zero-order valence-corrected chi connectivity index (χ0v) is 10.2. The Kier molecular flexibility index (Phi) is 3.14. The van der Waals surface area contributed by atoms with Crippen LogP contribution in [0.4, 0.5) is 0 Å². The Hall–Kier alpha value is -1.10. The van der Waals surface area contributed by atoms with Crippen LogP contribution in [-0.4, -0.2) is 10.9 Å². The van der Waals surface area contributed by atoms with E-state index in [1.54, 1.807) is 18.2 Å². The predicted octanol–water partition coefficient (Wildman–Crippen LogP) is 3.22. The number of nitrogens with two attached hydrogens (primary N) is 1. The van der Waals surface area contributed by atoms with Gasteiger partial charge in [-0.25, -0.2) is 4.98 Å². The highest BCUT2D eigenvalue weighted by Gasteiger charge is 2.18. The van der Waals surface area contributed by atoms with E-state index in [-0.39, 0.29) is 0 Å². The minimum absolute atomic E-state index is 0.356. The summed E-state index contributed by atoms with van der Waals surface area (Å²) in [6, 6.07) is 5.10. The summed E-state index contributed by atoms with van der Waals surface area (Å²) in [5.74, 6) is -0.534. The van der Waals surface area contributed by atoms with E-state index in [0.717, 1.165) is 0 Å². The molecule has 2 N–H and O–H groups in total. The van der Waals surface area contributed by atoms with Crippen LogP contribution in [0.2, 0.25) is 10.0 Å². The fourth-order valence-corrected chi connectivity index (χ4v) is 2.55. The summed E-state index contributed by atoms with van der Waals surface area (Å²) in [6.07, 6.45) is 0. The molecule has 0 radical (unpaired) electrons. The van der Waals surface area contributed by atoms with Gasteiger partial charge in [-0.3, -0.25) is 4.79 Å². The maximum absolute atomic E-state index is 11.2. The molecule has 1 amide bonds. The lowest BCUT2D eigenvalue weighted by Gasteiger charge is -2.04. The van der Waals surface area contributed by atoms with Gasteiger partial charge in [-0.2, -0.15) is 0 Å². The average molecular weight is 273 g/mol. The highest BCUT2D eigenvalue weighted by Crippen LogP contribution is 2.36. The van der Waals surface area contributed by atoms with Gasteiger partial charge in [0.2, 0.25) is 0 Å². The van der Waals surface area contributed by atoms with Crippen LogP contribution in [0, 0.1) is 0 Å². The number of thiazole rings is 1. The van der Waals surface area contributed by atoms with Crippen LogP contribution in [0.15, 0.2) is 23.7 Å². The van der Waals surface area contributed by atoms with Gasteiger partial charge in [-0.15, -0.1) is 11.3 Å². The number of hydrogen-bond donors (Lipinski definition) is 1. The topological polar surface area (TPSA) is 56.0 Å². The molecular formula is C10H6Cl2N2OS. The standard InChI is InChI=1S/C10H6Cl2N2OS/c11-5-2-1-3-6(12)7(5)8-9(10(13)15)16-4-14-8/h1-4H,(H2,13,15). The monoisotopic (exact) mass is 272 g/mol. The molecule has 0 bridgehead atoms. The van der Waals surface area contributed by atoms with Gasteiger partial charge < -0.3 is 5.73 Å². The van der Waals surface area contributed by atoms with Crippen LogP contribution in [0.5, 0.6) is 0 Å². The average Bonchev–Trinajstić information content (AvgIpc) is 2.66. The molecule has 1 heterocycles. The summed E-state index contributed by atoms with van der Waals surface area (Å²) in [4.78, 5) is 15.6. The Morgan fingerprint density at radius 2 is 1.94 bits per heavy atom. The second-order valence-corrected chi connectivity index (χ2v) is 4.66. The lowest BCUT2D eigenvalue weighted by molar-refractivity contribution is 0.100. The molecule has 0 aliphatic carbocycles. The van der Waals surface area contributed by atoms with E-state index in [0.29, 0.717) is 26.2 Å². The smallest absolute Gasteiger partial charge is 0.261 e. The number of hydrogen-bond acceptors (Lipinski definition) is 3. The third-order valence-electron chi connectivity index (χ3n) is 1.99. The van der Waals surface area contributed by atoms with Gasteiger partial charge in [-0.1, -0.05) is 29.3 Å². The van der Waals surface area contributed by atoms with Crippen molar-refractivity contribution in [2.24, 2.45) is 5.73 Å². The SMILES string of the molecule is NC(=O)c1scnc1-c1c(Cl)cccc1Cl. The number of carbonyl (C=O) groups excluding carboxylic acids is 1. The Labute approximate surface area is 106 Å². The molecule has 0 fully saturated rings. The van der Waals surface area contributed by atoms with Crippen molar-refractivity contribution in [1.29, 1.82) is 0 Å². The molecule has 0 saturated heterocycles. The van der Waals surface area contributed by atoms with E-state index in [1.807, 2.05) is 0 Å². The summed E-state index contributed by atoms with van der Waals surface area (Å²) in [6.45, 7) is 0. The molecule has 1 aromatic carbocycles. The largest absolute Gasteiger partial charge is 0.365 e. The van der Waals surface area contributed by atoms with Gasteiger partial charge >= 0.3 is 0 Å². The summed E-state index contributed by atoms with van der Waals surface area (Å²) in [5.41, 5.74) is 7.76. The maximum Gasteiger partial charge on any atom is 0.261 e. The number of nitrogens with zero attached hydrogens (tertiary/aromatic N) is 1. The number of rotatable bonds is 2. The normalized spacial score (nSPS) is 10.4. The van der Waals surface area contributed by atoms with Gasteiger partial charge in [0.15, 0.2) is 0 Å². The summed E-state index contributed by atoms with van der Waals surface area (Å²) in [7, 11) is 0. The fraction of sp³-hybridized carbons (Fsp3) is 0. The van der Waals surface area contributed by atoms with Crippen molar-refractivity contribution < 1.29 is 4.79 Å². The molecule has 0 aliphatic rings. The number of primary amides is 1. The second-order valence-electron chi connectivity index (χ2n) is 2.99. The van der Waals surface area contributed by atoms with E-state index >= 15 is 0 Å². The molecule has 0 spiro atoms. The van der Waals surface area contributed by atoms with Crippen LogP contribution >= 0.6 is 34.5 Å². The van der Waals surface area contributed by atoms with E-state index in [4.69, 9.17) is 28.9 Å². The molecule has 16 heavy (non-hydrogen) atoms. The quantitative estimate of drug-likeness (QED) is 0.913. The van der Waals surface area contributed by atoms with Crippen molar-refractivity contribution in [3.63, 3.8) is 0 Å². The van der Waals surface area contributed by atoms with E-state index in [2.05, 4.69) is 4.98 Å². The van der Waals surface area contributed by atoms with Crippen molar-refractivity contribution in [2.45, 2.75) is 0 Å². The minimum Gasteiger partial charge on any atom is -0.365 e. The lowest BCUT2D eigenvalue weighted by Crippen LogP contribution is -2.10. The van der Waals surface area contributed by atoms with E-state index in [9.17, 15) is 4.79 Å². The number of benzene rings is 1. The molecule has 2 rings (SSSR count). The van der Waals surface area contributed by atoms with E-state index in [1.165, 1.54) is 16.8 Å². The van der Waals surface area contributed by atoms with Crippen molar-refractivity contribution in [1.82, 2.24) is 4.98 Å². The van der Waals surface area contributed by atoms with Gasteiger partial charge in [0.25, 0.3) is 5.91 Å². The van der Waals surface area contributed by atoms with Crippen molar-refractivity contribution in [3.8, 4) is 11.3 Å². The number of halogens is 2. The third kappa shape index (κ3) is 1.91. The number of amides is 1. The van der Waals surface area contributed by atoms with Crippen LogP contribution < -0.4 is 5.73 Å². The van der Waals surface area contributed by atoms with Crippen LogP contribution in [-0.2, 0) is 0 Å². The molecular weight excluding hydrogens is 267 g/mol. The predicted molar refractivity (Wildman–Crippen MR) is 66.1 cm³/mol. The van der Waals surface area contributed by atoms with Crippen LogP contribution in [0.3, 0.4) is 0 Å². The molecule has 3 nitrogen and oxygen atoms in total. The molecule has 1 aromatic heterocycles. The Morgan fingerprint density at radius 3 is 2.50 bits per heavy atom. The molecule has 2 aromatic rings. The highest BCUT2D eigenvalue weighted by molar-refractivity contribution is 7.12. The Balaban J connectivity index is 2.68. The molecule has 0 unspecified atom stereocenters. The Morgan fingerprint density at radius 1 is 1.31 bits per heavy atom. The van der Waals surface area contributed by atoms with Gasteiger partial charge in [0, 0.05) is 5.56 Å². The first kappa shape index (κ1) is 11.4. The van der Waals surface area contributed by atoms with Crippen molar-refractivity contribution in [3.05, 3.63) is 38.6 Å².